The molecule has 0 saturated carbocycles. The van der Waals surface area contributed by atoms with Crippen LogP contribution in [-0.4, -0.2) is 33.5 Å². The first-order chi connectivity index (χ1) is 14.6. The highest BCUT2D eigenvalue weighted by Gasteiger charge is 2.36. The predicted octanol–water partition coefficient (Wildman–Crippen LogP) is 2.92. The van der Waals surface area contributed by atoms with Gasteiger partial charge in [0, 0.05) is 11.8 Å². The molecule has 1 aliphatic rings. The summed E-state index contributed by atoms with van der Waals surface area (Å²) < 4.78 is 12.8. The van der Waals surface area contributed by atoms with E-state index in [9.17, 15) is 4.79 Å². The van der Waals surface area contributed by atoms with Crippen LogP contribution in [0.4, 0.5) is 5.69 Å². The first-order valence-electron chi connectivity index (χ1n) is 9.89. The van der Waals surface area contributed by atoms with E-state index in [-0.39, 0.29) is 12.5 Å². The zero-order valence-corrected chi connectivity index (χ0v) is 17.3. The average Bonchev–Trinajstić information content (AvgIpc) is 3.43. The number of aromatic nitrogens is 3. The molecule has 30 heavy (non-hydrogen) atoms. The van der Waals surface area contributed by atoms with Gasteiger partial charge in [0.05, 0.1) is 37.3 Å². The van der Waals surface area contributed by atoms with E-state index < -0.39 is 6.04 Å². The second-order valence-electron chi connectivity index (χ2n) is 7.24. The first-order valence-corrected chi connectivity index (χ1v) is 9.89. The fourth-order valence-electron chi connectivity index (χ4n) is 3.48. The standard InChI is InChI=1S/C22H25N5O3/c1-4-21-24-20(14-29-13-17-8-6-5-7-9-17)22(28)27(21)18-10-23-26(11-18)12-19-15(2)25-30-16(19)3/h4-11,20,24H,12-14H2,1-3H3/b21-4-. The monoisotopic (exact) mass is 407 g/mol. The van der Waals surface area contributed by atoms with Gasteiger partial charge < -0.3 is 14.6 Å². The minimum absolute atomic E-state index is 0.0620. The number of nitrogens with zero attached hydrogens (tertiary/aromatic N) is 4. The number of rotatable bonds is 7. The third-order valence-electron chi connectivity index (χ3n) is 5.13. The maximum Gasteiger partial charge on any atom is 0.257 e. The van der Waals surface area contributed by atoms with Crippen LogP contribution in [0.25, 0.3) is 0 Å². The zero-order chi connectivity index (χ0) is 21.1. The van der Waals surface area contributed by atoms with Crippen LogP contribution in [-0.2, 0) is 22.7 Å². The molecule has 4 rings (SSSR count). The molecule has 1 amide bonds. The van der Waals surface area contributed by atoms with Gasteiger partial charge in [-0.2, -0.15) is 5.10 Å². The van der Waals surface area contributed by atoms with E-state index in [0.29, 0.717) is 18.8 Å². The van der Waals surface area contributed by atoms with E-state index in [0.717, 1.165) is 28.4 Å². The fraction of sp³-hybridized carbons (Fsp3) is 0.318. The van der Waals surface area contributed by atoms with E-state index in [2.05, 4.69) is 15.6 Å². The Balaban J connectivity index is 1.43. The molecule has 2 aromatic heterocycles. The van der Waals surface area contributed by atoms with Crippen molar-refractivity contribution >= 4 is 11.6 Å². The van der Waals surface area contributed by atoms with Crippen LogP contribution in [0.2, 0.25) is 0 Å². The summed E-state index contributed by atoms with van der Waals surface area (Å²) >= 11 is 0. The Morgan fingerprint density at radius 2 is 2.07 bits per heavy atom. The van der Waals surface area contributed by atoms with Crippen molar-refractivity contribution in [3.8, 4) is 0 Å². The lowest BCUT2D eigenvalue weighted by atomic mass is 10.2. The van der Waals surface area contributed by atoms with Crippen LogP contribution >= 0.6 is 0 Å². The van der Waals surface area contributed by atoms with E-state index in [1.54, 1.807) is 15.8 Å². The van der Waals surface area contributed by atoms with Gasteiger partial charge in [-0.3, -0.25) is 14.4 Å². The van der Waals surface area contributed by atoms with E-state index in [4.69, 9.17) is 9.26 Å². The first kappa shape index (κ1) is 19.9. The molecule has 1 atom stereocenters. The minimum Gasteiger partial charge on any atom is -0.374 e. The van der Waals surface area contributed by atoms with Crippen LogP contribution in [0.1, 0.15) is 29.5 Å². The summed E-state index contributed by atoms with van der Waals surface area (Å²) in [5.41, 5.74) is 3.62. The molecular formula is C22H25N5O3. The summed E-state index contributed by atoms with van der Waals surface area (Å²) in [7, 11) is 0. The molecule has 3 aromatic rings. The third kappa shape index (κ3) is 3.99. The van der Waals surface area contributed by atoms with Gasteiger partial charge in [0.25, 0.3) is 5.91 Å². The van der Waals surface area contributed by atoms with Gasteiger partial charge in [-0.25, -0.2) is 0 Å². The maximum atomic E-state index is 13.0. The predicted molar refractivity (Wildman–Crippen MR) is 112 cm³/mol. The summed E-state index contributed by atoms with van der Waals surface area (Å²) in [6, 6.07) is 9.47. The molecular weight excluding hydrogens is 382 g/mol. The number of allylic oxidation sites excluding steroid dienone is 1. The highest BCUT2D eigenvalue weighted by atomic mass is 16.5. The normalized spacial score (nSPS) is 17.7. The van der Waals surface area contributed by atoms with E-state index in [1.807, 2.05) is 63.4 Å². The van der Waals surface area contributed by atoms with Gasteiger partial charge in [0.1, 0.15) is 17.6 Å². The van der Waals surface area contributed by atoms with Gasteiger partial charge >= 0.3 is 0 Å². The van der Waals surface area contributed by atoms with Crippen LogP contribution in [0.15, 0.2) is 59.1 Å². The summed E-state index contributed by atoms with van der Waals surface area (Å²) in [5, 5.41) is 11.6. The molecule has 8 nitrogen and oxygen atoms in total. The number of amides is 1. The zero-order valence-electron chi connectivity index (χ0n) is 17.3. The molecule has 1 saturated heterocycles. The average molecular weight is 407 g/mol. The van der Waals surface area contributed by atoms with Gasteiger partial charge in [0.2, 0.25) is 0 Å². The van der Waals surface area contributed by atoms with Crippen molar-refractivity contribution in [1.82, 2.24) is 20.3 Å². The lowest BCUT2D eigenvalue weighted by Crippen LogP contribution is -2.34. The largest absolute Gasteiger partial charge is 0.374 e. The van der Waals surface area contributed by atoms with Crippen molar-refractivity contribution < 1.29 is 14.1 Å². The Labute approximate surface area is 175 Å². The number of carbonyl (C=O) groups is 1. The summed E-state index contributed by atoms with van der Waals surface area (Å²) in [6.07, 6.45) is 5.41. The Morgan fingerprint density at radius 1 is 1.27 bits per heavy atom. The van der Waals surface area contributed by atoms with Gasteiger partial charge in [0.15, 0.2) is 0 Å². The number of hydrogen-bond acceptors (Lipinski definition) is 6. The number of hydrogen-bond donors (Lipinski definition) is 1. The van der Waals surface area contributed by atoms with Crippen molar-refractivity contribution in [2.45, 2.75) is 40.0 Å². The van der Waals surface area contributed by atoms with Crippen LogP contribution in [0, 0.1) is 13.8 Å². The highest BCUT2D eigenvalue weighted by Crippen LogP contribution is 2.25. The molecule has 156 valence electrons. The topological polar surface area (TPSA) is 85.4 Å². The fourth-order valence-corrected chi connectivity index (χ4v) is 3.48. The Morgan fingerprint density at radius 3 is 2.77 bits per heavy atom. The van der Waals surface area contributed by atoms with Gasteiger partial charge in [-0.1, -0.05) is 35.5 Å². The second-order valence-corrected chi connectivity index (χ2v) is 7.24. The Kier molecular flexibility index (Phi) is 5.67. The van der Waals surface area contributed by atoms with Crippen molar-refractivity contribution in [1.29, 1.82) is 0 Å². The smallest absolute Gasteiger partial charge is 0.257 e. The van der Waals surface area contributed by atoms with Crippen molar-refractivity contribution in [2.75, 3.05) is 11.5 Å². The van der Waals surface area contributed by atoms with Crippen LogP contribution < -0.4 is 10.2 Å². The summed E-state index contributed by atoms with van der Waals surface area (Å²) in [5.74, 6) is 1.44. The number of nitrogens with one attached hydrogen (secondary N) is 1. The number of ether oxygens (including phenoxy) is 1. The van der Waals surface area contributed by atoms with Crippen molar-refractivity contribution in [3.05, 3.63) is 77.2 Å². The molecule has 1 aliphatic heterocycles. The molecule has 0 spiro atoms. The van der Waals surface area contributed by atoms with E-state index >= 15 is 0 Å². The molecule has 8 heteroatoms. The quantitative estimate of drug-likeness (QED) is 0.648. The number of carbonyl (C=O) groups excluding carboxylic acids is 1. The molecule has 1 aromatic carbocycles. The van der Waals surface area contributed by atoms with Gasteiger partial charge in [-0.15, -0.1) is 0 Å². The molecule has 1 fully saturated rings. The van der Waals surface area contributed by atoms with Gasteiger partial charge in [-0.05, 0) is 32.4 Å². The molecule has 0 aliphatic carbocycles. The van der Waals surface area contributed by atoms with Crippen LogP contribution in [0.3, 0.4) is 0 Å². The maximum absolute atomic E-state index is 13.0. The van der Waals surface area contributed by atoms with Crippen molar-refractivity contribution in [2.24, 2.45) is 0 Å². The molecule has 0 radical (unpaired) electrons. The Bertz CT molecular complexity index is 1030. The summed E-state index contributed by atoms with van der Waals surface area (Å²) in [6.45, 7) is 6.96. The number of aryl methyl sites for hydroxylation is 2. The Hall–Kier alpha value is -3.39. The van der Waals surface area contributed by atoms with E-state index in [1.165, 1.54) is 0 Å². The third-order valence-corrected chi connectivity index (χ3v) is 5.13. The molecule has 1 N–H and O–H groups in total. The molecule has 1 unspecified atom stereocenters. The van der Waals surface area contributed by atoms with Crippen molar-refractivity contribution in [3.63, 3.8) is 0 Å². The minimum atomic E-state index is -0.439. The number of anilines is 1. The number of benzene rings is 1. The van der Waals surface area contributed by atoms with Crippen LogP contribution in [0.5, 0.6) is 0 Å². The molecule has 0 bridgehead atoms. The SMILES string of the molecule is C/C=C1/NC(COCc2ccccc2)C(=O)N1c1cnn(Cc2c(C)noc2C)c1. The lowest BCUT2D eigenvalue weighted by Gasteiger charge is -2.14. The second kappa shape index (κ2) is 8.54. The summed E-state index contributed by atoms with van der Waals surface area (Å²) in [4.78, 5) is 14.7. The highest BCUT2D eigenvalue weighted by molar-refractivity contribution is 6.02. The lowest BCUT2D eigenvalue weighted by molar-refractivity contribution is -0.119. The molecule has 3 heterocycles.